The number of H-pyrrole nitrogens is 1. The van der Waals surface area contributed by atoms with Crippen molar-refractivity contribution in [3.8, 4) is 0 Å². The Labute approximate surface area is 51.7 Å². The normalized spacial score (nSPS) is 9.44. The van der Waals surface area contributed by atoms with Crippen LogP contribution in [0.5, 0.6) is 0 Å². The maximum absolute atomic E-state index is 10.5. The molecule has 4 heteroatoms. The number of aromatic nitrogens is 2. The second-order valence-electron chi connectivity index (χ2n) is 1.65. The van der Waals surface area contributed by atoms with Crippen LogP contribution >= 0.6 is 0 Å². The molecule has 0 aliphatic carbocycles. The van der Waals surface area contributed by atoms with E-state index >= 15 is 0 Å². The van der Waals surface area contributed by atoms with E-state index in [9.17, 15) is 4.79 Å². The van der Waals surface area contributed by atoms with Crippen molar-refractivity contribution in [3.05, 3.63) is 28.2 Å². The Kier molecular flexibility index (Phi) is 1.60. The van der Waals surface area contributed by atoms with Crippen LogP contribution < -0.4 is 11.2 Å². The van der Waals surface area contributed by atoms with Gasteiger partial charge in [-0.15, -0.1) is 0 Å². The molecule has 0 atom stereocenters. The maximum Gasteiger partial charge on any atom is 0.200 e. The van der Waals surface area contributed by atoms with Crippen molar-refractivity contribution >= 4 is 0 Å². The van der Waals surface area contributed by atoms with Gasteiger partial charge in [0.25, 0.3) is 0 Å². The highest BCUT2D eigenvalue weighted by Gasteiger charge is 1.87. The number of nitrogens with one attached hydrogen (secondary N) is 1. The molecule has 0 unspecified atom stereocenters. The van der Waals surface area contributed by atoms with Crippen molar-refractivity contribution in [1.29, 1.82) is 0 Å². The Morgan fingerprint density at radius 1 is 1.78 bits per heavy atom. The van der Waals surface area contributed by atoms with Crippen molar-refractivity contribution in [2.45, 2.75) is 6.54 Å². The first-order valence-electron chi connectivity index (χ1n) is 2.56. The topological polar surface area (TPSA) is 71.8 Å². The summed E-state index contributed by atoms with van der Waals surface area (Å²) in [4.78, 5) is 10.5. The van der Waals surface area contributed by atoms with E-state index in [0.717, 1.165) is 0 Å². The fraction of sp³-hybridized carbons (Fsp3) is 0.200. The highest BCUT2D eigenvalue weighted by molar-refractivity contribution is 4.98. The van der Waals surface area contributed by atoms with Crippen LogP contribution in [0.2, 0.25) is 0 Å². The monoisotopic (exact) mass is 125 g/mol. The van der Waals surface area contributed by atoms with Crippen molar-refractivity contribution in [2.75, 3.05) is 0 Å². The first-order valence-corrected chi connectivity index (χ1v) is 2.56. The maximum atomic E-state index is 10.5. The molecule has 0 bridgehead atoms. The van der Waals surface area contributed by atoms with Crippen molar-refractivity contribution < 1.29 is 0 Å². The highest BCUT2D eigenvalue weighted by Crippen LogP contribution is 1.79. The predicted octanol–water partition coefficient (Wildman–Crippen LogP) is -0.771. The molecule has 1 rings (SSSR count). The molecule has 3 N–H and O–H groups in total. The van der Waals surface area contributed by atoms with E-state index in [2.05, 4.69) is 10.2 Å². The number of hydrogen-bond acceptors (Lipinski definition) is 3. The molecule has 0 amide bonds. The van der Waals surface area contributed by atoms with Gasteiger partial charge >= 0.3 is 0 Å². The summed E-state index contributed by atoms with van der Waals surface area (Å²) in [5.41, 5.74) is 5.75. The van der Waals surface area contributed by atoms with Gasteiger partial charge in [-0.3, -0.25) is 9.89 Å². The van der Waals surface area contributed by atoms with E-state index < -0.39 is 0 Å². The summed E-state index contributed by atoms with van der Waals surface area (Å²) in [5, 5.41) is 6.12. The Hall–Kier alpha value is -1.16. The van der Waals surface area contributed by atoms with Gasteiger partial charge in [0.1, 0.15) is 0 Å². The lowest BCUT2D eigenvalue weighted by Crippen LogP contribution is -2.07. The fourth-order valence-corrected chi connectivity index (χ4v) is 0.525. The molecule has 1 aromatic heterocycles. The molecule has 0 spiro atoms. The van der Waals surface area contributed by atoms with Gasteiger partial charge < -0.3 is 5.73 Å². The van der Waals surface area contributed by atoms with Crippen LogP contribution in [0.3, 0.4) is 0 Å². The molecule has 9 heavy (non-hydrogen) atoms. The minimum Gasteiger partial charge on any atom is -0.325 e. The molecule has 0 fully saturated rings. The Balaban J connectivity index is 3.08. The number of aromatic amines is 1. The smallest absolute Gasteiger partial charge is 0.200 e. The van der Waals surface area contributed by atoms with Crippen molar-refractivity contribution in [2.24, 2.45) is 5.73 Å². The number of nitrogens with zero attached hydrogens (tertiary/aromatic N) is 1. The molecular formula is C5H7N3O. The van der Waals surface area contributed by atoms with E-state index in [1.807, 2.05) is 0 Å². The molecule has 0 aliphatic rings. The van der Waals surface area contributed by atoms with Crippen molar-refractivity contribution in [3.63, 3.8) is 0 Å². The first kappa shape index (κ1) is 5.97. The molecule has 4 nitrogen and oxygen atoms in total. The molecule has 1 aromatic rings. The second-order valence-corrected chi connectivity index (χ2v) is 1.65. The quantitative estimate of drug-likeness (QED) is 0.517. The third kappa shape index (κ3) is 1.36. The standard InChI is InChI=1S/C5H7N3O/c6-2-4-1-5(9)3-7-8-4/h1,3H,2,6H2,(H,8,9). The zero-order valence-electron chi connectivity index (χ0n) is 4.79. The summed E-state index contributed by atoms with van der Waals surface area (Å²) in [6, 6.07) is 1.42. The summed E-state index contributed by atoms with van der Waals surface area (Å²) in [5.74, 6) is 0. The summed E-state index contributed by atoms with van der Waals surface area (Å²) in [6.07, 6.45) is 1.21. The number of rotatable bonds is 1. The van der Waals surface area contributed by atoms with Gasteiger partial charge in [0.2, 0.25) is 0 Å². The average molecular weight is 125 g/mol. The second kappa shape index (κ2) is 2.41. The van der Waals surface area contributed by atoms with E-state index in [4.69, 9.17) is 5.73 Å². The Morgan fingerprint density at radius 3 is 3.00 bits per heavy atom. The highest BCUT2D eigenvalue weighted by atomic mass is 16.1. The van der Waals surface area contributed by atoms with Gasteiger partial charge in [-0.25, -0.2) is 0 Å². The van der Waals surface area contributed by atoms with Crippen LogP contribution in [0.4, 0.5) is 0 Å². The molecule has 0 radical (unpaired) electrons. The zero-order valence-corrected chi connectivity index (χ0v) is 4.79. The molecule has 0 saturated carbocycles. The Bertz CT molecular complexity index is 242. The van der Waals surface area contributed by atoms with Gasteiger partial charge in [0.15, 0.2) is 5.43 Å². The minimum atomic E-state index is -0.116. The van der Waals surface area contributed by atoms with Crippen LogP contribution in [0.25, 0.3) is 0 Å². The molecule has 0 saturated heterocycles. The molecule has 0 aliphatic heterocycles. The lowest BCUT2D eigenvalue weighted by atomic mass is 10.4. The van der Waals surface area contributed by atoms with E-state index in [-0.39, 0.29) is 5.43 Å². The van der Waals surface area contributed by atoms with E-state index in [1.54, 1.807) is 0 Å². The van der Waals surface area contributed by atoms with Gasteiger partial charge in [-0.1, -0.05) is 0 Å². The van der Waals surface area contributed by atoms with Crippen LogP contribution in [0, 0.1) is 0 Å². The van der Waals surface area contributed by atoms with Crippen LogP contribution in [-0.4, -0.2) is 10.2 Å². The SMILES string of the molecule is NCc1cc(=O)cn[nH]1. The molecule has 48 valence electrons. The number of nitrogens with two attached hydrogens (primary N) is 1. The minimum absolute atomic E-state index is 0.116. The third-order valence-electron chi connectivity index (χ3n) is 0.936. The fourth-order valence-electron chi connectivity index (χ4n) is 0.525. The summed E-state index contributed by atoms with van der Waals surface area (Å²) in [6.45, 7) is 0.322. The van der Waals surface area contributed by atoms with Crippen LogP contribution in [0.1, 0.15) is 5.69 Å². The molecule has 1 heterocycles. The van der Waals surface area contributed by atoms with Gasteiger partial charge in [-0.05, 0) is 0 Å². The van der Waals surface area contributed by atoms with Crippen molar-refractivity contribution in [1.82, 2.24) is 10.2 Å². The zero-order chi connectivity index (χ0) is 6.69. The number of hydrogen-bond donors (Lipinski definition) is 2. The lowest BCUT2D eigenvalue weighted by Gasteiger charge is -1.90. The molecule has 0 aromatic carbocycles. The van der Waals surface area contributed by atoms with Gasteiger partial charge in [0.05, 0.1) is 11.9 Å². The lowest BCUT2D eigenvalue weighted by molar-refractivity contribution is 0.890. The predicted molar refractivity (Wildman–Crippen MR) is 32.7 cm³/mol. The molecular weight excluding hydrogens is 118 g/mol. The average Bonchev–Trinajstić information content (AvgIpc) is 1.88. The van der Waals surface area contributed by atoms with Crippen LogP contribution in [0.15, 0.2) is 17.1 Å². The largest absolute Gasteiger partial charge is 0.325 e. The van der Waals surface area contributed by atoms with E-state index in [0.29, 0.717) is 12.2 Å². The van der Waals surface area contributed by atoms with Crippen LogP contribution in [-0.2, 0) is 6.54 Å². The van der Waals surface area contributed by atoms with E-state index in [1.165, 1.54) is 12.3 Å². The van der Waals surface area contributed by atoms with Gasteiger partial charge in [0, 0.05) is 12.6 Å². The van der Waals surface area contributed by atoms with Gasteiger partial charge in [-0.2, -0.15) is 5.10 Å². The first-order chi connectivity index (χ1) is 4.33. The third-order valence-corrected chi connectivity index (χ3v) is 0.936. The summed E-state index contributed by atoms with van der Waals surface area (Å²) >= 11 is 0. The summed E-state index contributed by atoms with van der Waals surface area (Å²) in [7, 11) is 0. The summed E-state index contributed by atoms with van der Waals surface area (Å²) < 4.78 is 0. The Morgan fingerprint density at radius 2 is 2.56 bits per heavy atom.